The maximum absolute atomic E-state index is 12.0. The first kappa shape index (κ1) is 17.1. The minimum atomic E-state index is -1.64. The lowest BCUT2D eigenvalue weighted by Crippen LogP contribution is -2.37. The lowest BCUT2D eigenvalue weighted by Gasteiger charge is -2.17. The molecule has 0 saturated carbocycles. The zero-order valence-corrected chi connectivity index (χ0v) is 14.6. The topological polar surface area (TPSA) is 94.7 Å². The van der Waals surface area contributed by atoms with E-state index >= 15 is 0 Å². The summed E-state index contributed by atoms with van der Waals surface area (Å²) in [5, 5.41) is 10.4. The van der Waals surface area contributed by atoms with E-state index in [1.807, 2.05) is 6.07 Å². The molecule has 0 radical (unpaired) electrons. The number of likely N-dealkylation sites (N-methyl/N-ethyl adjacent to an activating group) is 1. The van der Waals surface area contributed by atoms with Crippen LogP contribution in [-0.2, 0) is 9.59 Å². The van der Waals surface area contributed by atoms with Gasteiger partial charge in [-0.15, -0.1) is 0 Å². The lowest BCUT2D eigenvalue weighted by atomic mass is 10.0. The largest absolute Gasteiger partial charge is 0.369 e. The Morgan fingerprint density at radius 2 is 2.19 bits per heavy atom. The second-order valence-corrected chi connectivity index (χ2v) is 6.55. The van der Waals surface area contributed by atoms with Crippen LogP contribution in [0.4, 0.5) is 0 Å². The minimum absolute atomic E-state index is 0.285. The van der Waals surface area contributed by atoms with E-state index in [0.717, 1.165) is 5.56 Å². The van der Waals surface area contributed by atoms with Crippen molar-refractivity contribution in [3.63, 3.8) is 0 Å². The number of benzene rings is 1. The number of hydrogen-bond donors (Lipinski definition) is 1. The van der Waals surface area contributed by atoms with Gasteiger partial charge in [0.05, 0.1) is 0 Å². The monoisotopic (exact) mass is 360 g/mol. The maximum Gasteiger partial charge on any atom is 0.295 e. The number of likely N-dealkylation sites (tertiary alicyclic amines) is 1. The molecule has 1 fully saturated rings. The molecule has 0 spiro atoms. The first-order valence-corrected chi connectivity index (χ1v) is 8.47. The molecule has 7 heteroatoms. The highest BCUT2D eigenvalue weighted by Gasteiger charge is 2.42. The number of rotatable bonds is 1. The number of carbonyl (C=O) groups excluding carboxylic acids is 2. The lowest BCUT2D eigenvalue weighted by molar-refractivity contribution is -0.137. The zero-order valence-electron chi connectivity index (χ0n) is 14.6. The Kier molecular flexibility index (Phi) is 4.05. The molecule has 1 N–H and O–H groups in total. The summed E-state index contributed by atoms with van der Waals surface area (Å²) in [7, 11) is 1.64. The first-order chi connectivity index (χ1) is 13.0. The molecule has 2 atom stereocenters. The molecule has 3 heterocycles. The highest BCUT2D eigenvalue weighted by Crippen LogP contribution is 2.25. The summed E-state index contributed by atoms with van der Waals surface area (Å²) in [4.78, 5) is 37.9. The highest BCUT2D eigenvalue weighted by atomic mass is 16.3. The second kappa shape index (κ2) is 6.41. The molecule has 0 aromatic heterocycles. The Morgan fingerprint density at radius 1 is 1.33 bits per heavy atom. The third-order valence-corrected chi connectivity index (χ3v) is 4.64. The van der Waals surface area contributed by atoms with Gasteiger partial charge in [0, 0.05) is 43.6 Å². The number of aliphatic imine (C=N–C) groups is 3. The summed E-state index contributed by atoms with van der Waals surface area (Å²) in [5.74, 6) is 4.80. The van der Waals surface area contributed by atoms with Crippen LogP contribution >= 0.6 is 0 Å². The molecule has 1 aromatic rings. The number of aliphatic hydroxyl groups is 1. The van der Waals surface area contributed by atoms with Crippen LogP contribution in [-0.4, -0.2) is 59.2 Å². The van der Waals surface area contributed by atoms with Gasteiger partial charge in [0.1, 0.15) is 5.71 Å². The molecular formula is C20H16N4O3. The fourth-order valence-electron chi connectivity index (χ4n) is 3.07. The van der Waals surface area contributed by atoms with Crippen LogP contribution in [0, 0.1) is 11.8 Å². The van der Waals surface area contributed by atoms with Crippen LogP contribution in [0.15, 0.2) is 50.9 Å². The molecule has 4 rings (SSSR count). The number of amides is 2. The van der Waals surface area contributed by atoms with E-state index < -0.39 is 11.8 Å². The fraction of sp³-hybridized carbons (Fsp3) is 0.250. The van der Waals surface area contributed by atoms with Gasteiger partial charge in [0.2, 0.25) is 5.60 Å². The molecule has 3 aliphatic heterocycles. The van der Waals surface area contributed by atoms with Crippen LogP contribution in [0.5, 0.6) is 0 Å². The number of carbonyl (C=O) groups is 2. The van der Waals surface area contributed by atoms with Crippen molar-refractivity contribution in [3.05, 3.63) is 47.0 Å². The summed E-state index contributed by atoms with van der Waals surface area (Å²) in [6.07, 6.45) is 4.47. The number of nitrogens with zero attached hydrogens (tertiary/aromatic N) is 4. The summed E-state index contributed by atoms with van der Waals surface area (Å²) in [6.45, 7) is 0.477. The molecule has 2 unspecified atom stereocenters. The molecule has 0 aliphatic carbocycles. The van der Waals surface area contributed by atoms with E-state index in [1.54, 1.807) is 37.5 Å². The normalized spacial score (nSPS) is 26.3. The van der Waals surface area contributed by atoms with Crippen LogP contribution in [0.25, 0.3) is 0 Å². The third-order valence-electron chi connectivity index (χ3n) is 4.64. The van der Waals surface area contributed by atoms with Crippen molar-refractivity contribution >= 4 is 30.0 Å². The van der Waals surface area contributed by atoms with E-state index in [9.17, 15) is 14.7 Å². The summed E-state index contributed by atoms with van der Waals surface area (Å²) in [6, 6.07) is 7.21. The SMILES string of the molecule is CN1CCC(O)(C#Cc2cccc(C3N=CC4=CC=NC(=O)C4=N3)c2)C1=O. The van der Waals surface area contributed by atoms with E-state index in [0.29, 0.717) is 23.4 Å². The van der Waals surface area contributed by atoms with E-state index in [1.165, 1.54) is 11.1 Å². The predicted molar refractivity (Wildman–Crippen MR) is 101 cm³/mol. The van der Waals surface area contributed by atoms with Crippen molar-refractivity contribution in [2.24, 2.45) is 15.0 Å². The zero-order chi connectivity index (χ0) is 19.0. The highest BCUT2D eigenvalue weighted by molar-refractivity contribution is 6.52. The van der Waals surface area contributed by atoms with Gasteiger partial charge in [-0.25, -0.2) is 9.98 Å². The van der Waals surface area contributed by atoms with E-state index in [2.05, 4.69) is 26.8 Å². The second-order valence-electron chi connectivity index (χ2n) is 6.55. The van der Waals surface area contributed by atoms with Gasteiger partial charge in [-0.1, -0.05) is 24.0 Å². The van der Waals surface area contributed by atoms with Gasteiger partial charge >= 0.3 is 0 Å². The minimum Gasteiger partial charge on any atom is -0.369 e. The van der Waals surface area contributed by atoms with Crippen LogP contribution in [0.1, 0.15) is 23.7 Å². The van der Waals surface area contributed by atoms with Crippen molar-refractivity contribution in [1.82, 2.24) is 4.90 Å². The van der Waals surface area contributed by atoms with Gasteiger partial charge in [-0.2, -0.15) is 0 Å². The molecule has 3 aliphatic rings. The fourth-order valence-corrected chi connectivity index (χ4v) is 3.07. The predicted octanol–water partition coefficient (Wildman–Crippen LogP) is 0.693. The number of allylic oxidation sites excluding steroid dienone is 1. The van der Waals surface area contributed by atoms with Gasteiger partial charge in [0.15, 0.2) is 6.17 Å². The number of hydrogen-bond acceptors (Lipinski definition) is 5. The summed E-state index contributed by atoms with van der Waals surface area (Å²) >= 11 is 0. The van der Waals surface area contributed by atoms with E-state index in [-0.39, 0.29) is 18.2 Å². The van der Waals surface area contributed by atoms with Crippen molar-refractivity contribution in [1.29, 1.82) is 0 Å². The Labute approximate surface area is 155 Å². The van der Waals surface area contributed by atoms with Gasteiger partial charge < -0.3 is 10.0 Å². The maximum atomic E-state index is 12.0. The average molecular weight is 360 g/mol. The summed E-state index contributed by atoms with van der Waals surface area (Å²) < 4.78 is 0. The first-order valence-electron chi connectivity index (χ1n) is 8.47. The Hall–Kier alpha value is -3.37. The molecule has 134 valence electrons. The van der Waals surface area contributed by atoms with Crippen molar-refractivity contribution in [3.8, 4) is 11.8 Å². The molecule has 27 heavy (non-hydrogen) atoms. The Bertz CT molecular complexity index is 1030. The molecule has 1 aromatic carbocycles. The van der Waals surface area contributed by atoms with E-state index in [4.69, 9.17) is 0 Å². The van der Waals surface area contributed by atoms with Gasteiger partial charge in [-0.05, 0) is 23.8 Å². The molecular weight excluding hydrogens is 344 g/mol. The molecule has 2 amide bonds. The van der Waals surface area contributed by atoms with Crippen molar-refractivity contribution in [2.75, 3.05) is 13.6 Å². The van der Waals surface area contributed by atoms with Crippen molar-refractivity contribution < 1.29 is 14.7 Å². The van der Waals surface area contributed by atoms with Gasteiger partial charge in [-0.3, -0.25) is 14.6 Å². The number of dihydropyridines is 1. The van der Waals surface area contributed by atoms with Crippen LogP contribution in [0.3, 0.4) is 0 Å². The smallest absolute Gasteiger partial charge is 0.295 e. The Balaban J connectivity index is 1.61. The van der Waals surface area contributed by atoms with Crippen LogP contribution < -0.4 is 0 Å². The molecule has 7 nitrogen and oxygen atoms in total. The average Bonchev–Trinajstić information content (AvgIpc) is 2.95. The van der Waals surface area contributed by atoms with Crippen molar-refractivity contribution in [2.45, 2.75) is 18.2 Å². The molecule has 0 bridgehead atoms. The molecule has 1 saturated heterocycles. The van der Waals surface area contributed by atoms with Crippen LogP contribution in [0.2, 0.25) is 0 Å². The standard InChI is InChI=1S/C20H16N4O3/c1-24-10-8-20(27,19(24)26)7-5-13-3-2-4-14(11-13)17-22-12-15-6-9-21-18(25)16(15)23-17/h2-4,6,9,11-12,17,27H,8,10H2,1H3. The quantitative estimate of drug-likeness (QED) is 0.747. The third kappa shape index (κ3) is 3.11. The van der Waals surface area contributed by atoms with Gasteiger partial charge in [0.25, 0.3) is 11.8 Å². The summed E-state index contributed by atoms with van der Waals surface area (Å²) in [5.41, 5.74) is 0.693. The number of fused-ring (bicyclic) bond motifs is 1. The Morgan fingerprint density at radius 3 is 2.96 bits per heavy atom.